The van der Waals surface area contributed by atoms with Gasteiger partial charge in [-0.25, -0.2) is 4.79 Å². The van der Waals surface area contributed by atoms with Crippen molar-refractivity contribution >= 4 is 11.9 Å². The summed E-state index contributed by atoms with van der Waals surface area (Å²) >= 11 is 0. The van der Waals surface area contributed by atoms with Crippen LogP contribution < -0.4 is 4.74 Å². The molecule has 0 bridgehead atoms. The summed E-state index contributed by atoms with van der Waals surface area (Å²) in [5, 5.41) is 9.21. The molecule has 116 valence electrons. The third kappa shape index (κ3) is 3.97. The smallest absolute Gasteiger partial charge is 0.329 e. The molecule has 1 rings (SSSR count). The second kappa shape index (κ2) is 6.61. The van der Waals surface area contributed by atoms with E-state index in [9.17, 15) is 14.7 Å². The summed E-state index contributed by atoms with van der Waals surface area (Å²) in [4.78, 5) is 24.7. The van der Waals surface area contributed by atoms with Gasteiger partial charge in [0.25, 0.3) is 5.91 Å². The number of amides is 1. The molecular weight excluding hydrogens is 270 g/mol. The van der Waals surface area contributed by atoms with Crippen LogP contribution in [0.1, 0.15) is 31.9 Å². The van der Waals surface area contributed by atoms with Gasteiger partial charge in [-0.1, -0.05) is 6.07 Å². The fraction of sp³-hybridized carbons (Fsp3) is 0.500. The number of aryl methyl sites for hydroxylation is 2. The molecule has 21 heavy (non-hydrogen) atoms. The number of carbonyl (C=O) groups excluding carboxylic acids is 1. The van der Waals surface area contributed by atoms with Gasteiger partial charge in [-0.2, -0.15) is 0 Å². The molecule has 0 aliphatic heterocycles. The van der Waals surface area contributed by atoms with E-state index in [1.54, 1.807) is 13.0 Å². The summed E-state index contributed by atoms with van der Waals surface area (Å²) in [5.41, 5.74) is 0.979. The Hall–Kier alpha value is -2.04. The molecule has 0 aliphatic rings. The zero-order valence-electron chi connectivity index (χ0n) is 13.3. The van der Waals surface area contributed by atoms with E-state index in [1.807, 2.05) is 26.0 Å². The van der Waals surface area contributed by atoms with Gasteiger partial charge in [-0.15, -0.1) is 0 Å². The number of rotatable bonds is 6. The Morgan fingerprint density at radius 3 is 2.33 bits per heavy atom. The fourth-order valence-corrected chi connectivity index (χ4v) is 2.03. The van der Waals surface area contributed by atoms with Crippen LogP contribution >= 0.6 is 0 Å². The summed E-state index contributed by atoms with van der Waals surface area (Å²) in [5.74, 6) is -0.775. The first-order valence-corrected chi connectivity index (χ1v) is 6.94. The molecule has 0 aliphatic carbocycles. The average Bonchev–Trinajstić information content (AvgIpc) is 2.40. The summed E-state index contributed by atoms with van der Waals surface area (Å²) in [7, 11) is 0. The highest BCUT2D eigenvalue weighted by Gasteiger charge is 2.36. The van der Waals surface area contributed by atoms with E-state index < -0.39 is 11.5 Å². The molecule has 1 N–H and O–H groups in total. The largest absolute Gasteiger partial charge is 0.484 e. The van der Waals surface area contributed by atoms with E-state index in [2.05, 4.69) is 0 Å². The Morgan fingerprint density at radius 2 is 1.86 bits per heavy atom. The minimum Gasteiger partial charge on any atom is -0.484 e. The van der Waals surface area contributed by atoms with E-state index in [-0.39, 0.29) is 12.5 Å². The van der Waals surface area contributed by atoms with Crippen molar-refractivity contribution in [2.24, 2.45) is 0 Å². The van der Waals surface area contributed by atoms with Crippen LogP contribution in [0.5, 0.6) is 5.75 Å². The van der Waals surface area contributed by atoms with Gasteiger partial charge in [0.05, 0.1) is 0 Å². The second-order valence-electron chi connectivity index (χ2n) is 5.54. The van der Waals surface area contributed by atoms with E-state index in [0.29, 0.717) is 12.3 Å². The zero-order valence-corrected chi connectivity index (χ0v) is 13.3. The lowest BCUT2D eigenvalue weighted by atomic mass is 10.0. The standard InChI is InChI=1S/C16H23NO4/c1-6-17(16(4,5)15(19)20)14(18)10-21-13-8-7-11(2)12(3)9-13/h7-9H,6,10H2,1-5H3,(H,19,20). The first-order valence-electron chi connectivity index (χ1n) is 6.94. The van der Waals surface area contributed by atoms with Gasteiger partial charge in [-0.05, 0) is 57.9 Å². The minimum absolute atomic E-state index is 0.174. The highest BCUT2D eigenvalue weighted by atomic mass is 16.5. The van der Waals surface area contributed by atoms with Crippen LogP contribution in [0.15, 0.2) is 18.2 Å². The summed E-state index contributed by atoms with van der Waals surface area (Å²) in [6, 6.07) is 5.59. The number of likely N-dealkylation sites (N-methyl/N-ethyl adjacent to an activating group) is 1. The molecule has 1 aromatic carbocycles. The lowest BCUT2D eigenvalue weighted by Crippen LogP contribution is -2.54. The van der Waals surface area contributed by atoms with Crippen LogP contribution in [0, 0.1) is 13.8 Å². The average molecular weight is 293 g/mol. The van der Waals surface area contributed by atoms with Crippen molar-refractivity contribution < 1.29 is 19.4 Å². The van der Waals surface area contributed by atoms with E-state index in [0.717, 1.165) is 11.1 Å². The number of hydrogen-bond acceptors (Lipinski definition) is 3. The quantitative estimate of drug-likeness (QED) is 0.874. The number of benzene rings is 1. The van der Waals surface area contributed by atoms with Crippen LogP contribution in [0.25, 0.3) is 0 Å². The van der Waals surface area contributed by atoms with Crippen LogP contribution in [0.3, 0.4) is 0 Å². The molecule has 0 saturated carbocycles. The first-order chi connectivity index (χ1) is 9.70. The Morgan fingerprint density at radius 1 is 1.24 bits per heavy atom. The molecule has 0 heterocycles. The molecule has 5 nitrogen and oxygen atoms in total. The molecule has 0 unspecified atom stereocenters. The molecule has 0 radical (unpaired) electrons. The minimum atomic E-state index is -1.25. The predicted octanol–water partition coefficient (Wildman–Crippen LogP) is 2.39. The van der Waals surface area contributed by atoms with Gasteiger partial charge in [-0.3, -0.25) is 4.79 Å². The van der Waals surface area contributed by atoms with Gasteiger partial charge in [0.15, 0.2) is 6.61 Å². The summed E-state index contributed by atoms with van der Waals surface area (Å²) in [6.07, 6.45) is 0. The van der Waals surface area contributed by atoms with Crippen LogP contribution in [-0.4, -0.2) is 40.6 Å². The number of nitrogens with zero attached hydrogens (tertiary/aromatic N) is 1. The van der Waals surface area contributed by atoms with Gasteiger partial charge in [0.1, 0.15) is 11.3 Å². The summed E-state index contributed by atoms with van der Waals surface area (Å²) in [6.45, 7) is 8.87. The molecule has 1 amide bonds. The maximum Gasteiger partial charge on any atom is 0.329 e. The molecule has 0 saturated heterocycles. The number of carboxylic acids is 1. The lowest BCUT2D eigenvalue weighted by molar-refractivity contribution is -0.157. The lowest BCUT2D eigenvalue weighted by Gasteiger charge is -2.34. The highest BCUT2D eigenvalue weighted by Crippen LogP contribution is 2.18. The van der Waals surface area contributed by atoms with E-state index in [4.69, 9.17) is 4.74 Å². The normalized spacial score (nSPS) is 11.1. The Bertz CT molecular complexity index is 537. The molecule has 5 heteroatoms. The van der Waals surface area contributed by atoms with E-state index >= 15 is 0 Å². The van der Waals surface area contributed by atoms with Crippen molar-refractivity contribution in [2.45, 2.75) is 40.2 Å². The molecule has 0 spiro atoms. The molecule has 0 aromatic heterocycles. The SMILES string of the molecule is CCN(C(=O)COc1ccc(C)c(C)c1)C(C)(C)C(=O)O. The molecule has 0 atom stereocenters. The van der Waals surface area contributed by atoms with Crippen LogP contribution in [-0.2, 0) is 9.59 Å². The first kappa shape index (κ1) is 17.0. The van der Waals surface area contributed by atoms with Gasteiger partial charge < -0.3 is 14.7 Å². The number of ether oxygens (including phenoxy) is 1. The topological polar surface area (TPSA) is 66.8 Å². The van der Waals surface area contributed by atoms with Crippen molar-refractivity contribution in [3.63, 3.8) is 0 Å². The zero-order chi connectivity index (χ0) is 16.2. The molecule has 0 fully saturated rings. The van der Waals surface area contributed by atoms with E-state index in [1.165, 1.54) is 18.7 Å². The highest BCUT2D eigenvalue weighted by molar-refractivity contribution is 5.87. The van der Waals surface area contributed by atoms with Gasteiger partial charge in [0.2, 0.25) is 0 Å². The Kier molecular flexibility index (Phi) is 5.35. The van der Waals surface area contributed by atoms with Crippen molar-refractivity contribution in [3.8, 4) is 5.75 Å². The predicted molar refractivity (Wildman–Crippen MR) is 80.5 cm³/mol. The monoisotopic (exact) mass is 293 g/mol. The van der Waals surface area contributed by atoms with Crippen molar-refractivity contribution in [2.75, 3.05) is 13.2 Å². The molecular formula is C16H23NO4. The Balaban J connectivity index is 2.75. The van der Waals surface area contributed by atoms with Crippen molar-refractivity contribution in [3.05, 3.63) is 29.3 Å². The van der Waals surface area contributed by atoms with Crippen molar-refractivity contribution in [1.29, 1.82) is 0 Å². The number of hydrogen-bond donors (Lipinski definition) is 1. The number of carbonyl (C=O) groups is 2. The van der Waals surface area contributed by atoms with Crippen molar-refractivity contribution in [1.82, 2.24) is 4.90 Å². The number of aliphatic carboxylic acids is 1. The third-order valence-electron chi connectivity index (χ3n) is 3.66. The second-order valence-corrected chi connectivity index (χ2v) is 5.54. The van der Waals surface area contributed by atoms with Gasteiger partial charge in [0, 0.05) is 6.54 Å². The molecule has 1 aromatic rings. The number of carboxylic acid groups (broad SMARTS) is 1. The fourth-order valence-electron chi connectivity index (χ4n) is 2.03. The third-order valence-corrected chi connectivity index (χ3v) is 3.66. The van der Waals surface area contributed by atoms with Crippen LogP contribution in [0.4, 0.5) is 0 Å². The maximum atomic E-state index is 12.2. The van der Waals surface area contributed by atoms with Crippen LogP contribution in [0.2, 0.25) is 0 Å². The van der Waals surface area contributed by atoms with Gasteiger partial charge >= 0.3 is 5.97 Å². The Labute approximate surface area is 125 Å². The summed E-state index contributed by atoms with van der Waals surface area (Å²) < 4.78 is 5.48. The maximum absolute atomic E-state index is 12.2.